The summed E-state index contributed by atoms with van der Waals surface area (Å²) < 4.78 is 18.5. The second kappa shape index (κ2) is 11.1. The first-order valence-electron chi connectivity index (χ1n) is 12.1. The molecule has 0 heterocycles. The number of rotatable bonds is 9. The van der Waals surface area contributed by atoms with E-state index in [1.807, 2.05) is 60.6 Å². The fourth-order valence-electron chi connectivity index (χ4n) is 4.47. The average Bonchev–Trinajstić information content (AvgIpc) is 2.79. The number of benzene rings is 3. The van der Waals surface area contributed by atoms with Crippen molar-refractivity contribution in [1.82, 2.24) is 0 Å². The van der Waals surface area contributed by atoms with Crippen molar-refractivity contribution in [2.45, 2.75) is 73.9 Å². The summed E-state index contributed by atoms with van der Waals surface area (Å²) in [6.45, 7) is 13.7. The molecule has 0 bridgehead atoms. The zero-order valence-electron chi connectivity index (χ0n) is 22.2. The van der Waals surface area contributed by atoms with Crippen molar-refractivity contribution in [2.75, 3.05) is 7.11 Å². The van der Waals surface area contributed by atoms with E-state index in [1.54, 1.807) is 7.11 Å². The van der Waals surface area contributed by atoms with Crippen LogP contribution in [0.15, 0.2) is 36.4 Å². The molecule has 3 aromatic rings. The first kappa shape index (κ1) is 26.6. The van der Waals surface area contributed by atoms with E-state index in [-0.39, 0.29) is 25.4 Å². The summed E-state index contributed by atoms with van der Waals surface area (Å²) in [5, 5.41) is 20.2. The number of methoxy groups -OCH3 is 1. The Bertz CT molecular complexity index is 1110. The van der Waals surface area contributed by atoms with Crippen LogP contribution in [0.5, 0.6) is 17.2 Å². The zero-order valence-corrected chi connectivity index (χ0v) is 22.2. The molecular formula is C30H38O5. The lowest BCUT2D eigenvalue weighted by Crippen LogP contribution is -2.10. The smallest absolute Gasteiger partial charge is 0.134 e. The van der Waals surface area contributed by atoms with E-state index >= 15 is 0 Å². The highest BCUT2D eigenvalue weighted by molar-refractivity contribution is 5.88. The number of hydrogen-bond acceptors (Lipinski definition) is 5. The fraction of sp³-hybridized carbons (Fsp3) is 0.400. The molecule has 0 spiro atoms. The van der Waals surface area contributed by atoms with Gasteiger partial charge in [-0.1, -0.05) is 12.1 Å². The monoisotopic (exact) mass is 478 g/mol. The van der Waals surface area contributed by atoms with Crippen LogP contribution in [0.25, 0.3) is 22.3 Å². The van der Waals surface area contributed by atoms with Gasteiger partial charge in [0.2, 0.25) is 0 Å². The van der Waals surface area contributed by atoms with Gasteiger partial charge in [0.1, 0.15) is 17.2 Å². The summed E-state index contributed by atoms with van der Waals surface area (Å²) in [6.07, 6.45) is -0.126. The van der Waals surface area contributed by atoms with Gasteiger partial charge in [-0.25, -0.2) is 0 Å². The second-order valence-corrected chi connectivity index (χ2v) is 9.64. The molecule has 5 nitrogen and oxygen atoms in total. The van der Waals surface area contributed by atoms with Crippen molar-refractivity contribution in [1.29, 1.82) is 0 Å². The fourth-order valence-corrected chi connectivity index (χ4v) is 4.47. The molecule has 0 unspecified atom stereocenters. The molecule has 0 aromatic heterocycles. The molecule has 3 aromatic carbocycles. The number of hydrogen-bond donors (Lipinski definition) is 2. The number of aryl methyl sites for hydroxylation is 3. The molecule has 5 heteroatoms. The van der Waals surface area contributed by atoms with E-state index in [9.17, 15) is 10.2 Å². The maximum atomic E-state index is 10.1. The Labute approximate surface area is 209 Å². The van der Waals surface area contributed by atoms with Gasteiger partial charge in [0.25, 0.3) is 0 Å². The van der Waals surface area contributed by atoms with Crippen LogP contribution in [0.2, 0.25) is 0 Å². The molecule has 2 N–H and O–H groups in total. The van der Waals surface area contributed by atoms with Gasteiger partial charge in [0, 0.05) is 33.4 Å². The molecule has 0 saturated carbocycles. The van der Waals surface area contributed by atoms with Gasteiger partial charge in [0.15, 0.2) is 0 Å². The predicted molar refractivity (Wildman–Crippen MR) is 141 cm³/mol. The van der Waals surface area contributed by atoms with Gasteiger partial charge in [-0.05, 0) is 89.4 Å². The summed E-state index contributed by atoms with van der Waals surface area (Å²) in [7, 11) is 1.66. The van der Waals surface area contributed by atoms with Gasteiger partial charge >= 0.3 is 0 Å². The molecule has 0 amide bonds. The highest BCUT2D eigenvalue weighted by Crippen LogP contribution is 2.48. The maximum Gasteiger partial charge on any atom is 0.134 e. The summed E-state index contributed by atoms with van der Waals surface area (Å²) in [5.74, 6) is 1.99. The lowest BCUT2D eigenvalue weighted by Gasteiger charge is -2.24. The molecule has 0 saturated heterocycles. The Morgan fingerprint density at radius 2 is 0.886 bits per heavy atom. The Kier molecular flexibility index (Phi) is 8.47. The SMILES string of the molecule is COc1c(-c2cc(C)cc(CO)c2OC(C)C)cc(C)cc1-c1cc(C)cc(CO)c1OC(C)C. The van der Waals surface area contributed by atoms with E-state index < -0.39 is 0 Å². The Balaban J connectivity index is 2.41. The first-order chi connectivity index (χ1) is 16.6. The minimum absolute atomic E-state index is 0.0630. The van der Waals surface area contributed by atoms with Gasteiger partial charge in [-0.2, -0.15) is 0 Å². The van der Waals surface area contributed by atoms with Crippen LogP contribution in [-0.2, 0) is 13.2 Å². The van der Waals surface area contributed by atoms with Gasteiger partial charge in [-0.15, -0.1) is 0 Å². The number of aliphatic hydroxyl groups excluding tert-OH is 2. The van der Waals surface area contributed by atoms with Crippen molar-refractivity contribution < 1.29 is 24.4 Å². The molecule has 188 valence electrons. The third kappa shape index (κ3) is 5.80. The molecule has 0 aliphatic carbocycles. The first-order valence-corrected chi connectivity index (χ1v) is 12.1. The summed E-state index contributed by atoms with van der Waals surface area (Å²) in [5.41, 5.74) is 8.04. The number of aliphatic hydroxyl groups is 2. The third-order valence-electron chi connectivity index (χ3n) is 5.69. The Morgan fingerprint density at radius 1 is 0.571 bits per heavy atom. The average molecular weight is 479 g/mol. The van der Waals surface area contributed by atoms with Gasteiger partial charge < -0.3 is 24.4 Å². The molecule has 35 heavy (non-hydrogen) atoms. The Hall–Kier alpha value is -3.02. The normalized spacial score (nSPS) is 11.3. The van der Waals surface area contributed by atoms with Crippen molar-refractivity contribution >= 4 is 0 Å². The van der Waals surface area contributed by atoms with Crippen molar-refractivity contribution in [3.63, 3.8) is 0 Å². The predicted octanol–water partition coefficient (Wildman–Crippen LogP) is 6.51. The van der Waals surface area contributed by atoms with E-state index in [0.29, 0.717) is 17.2 Å². The maximum absolute atomic E-state index is 10.1. The minimum atomic E-state index is -0.123. The van der Waals surface area contributed by atoms with Crippen LogP contribution in [0, 0.1) is 20.8 Å². The lowest BCUT2D eigenvalue weighted by atomic mass is 9.90. The standard InChI is InChI=1S/C30H38O5/c1-17(2)34-28-22(15-31)9-19(5)11-24(28)26-13-21(7)14-27(30(26)33-8)25-12-20(6)10-23(16-32)29(25)35-18(3)4/h9-14,17-18,31-32H,15-16H2,1-8H3. The van der Waals surface area contributed by atoms with Crippen LogP contribution >= 0.6 is 0 Å². The van der Waals surface area contributed by atoms with Crippen LogP contribution in [-0.4, -0.2) is 29.5 Å². The van der Waals surface area contributed by atoms with E-state index in [2.05, 4.69) is 24.3 Å². The molecular weight excluding hydrogens is 440 g/mol. The van der Waals surface area contributed by atoms with E-state index in [1.165, 1.54) is 0 Å². The van der Waals surface area contributed by atoms with Crippen LogP contribution in [0.3, 0.4) is 0 Å². The largest absolute Gasteiger partial charge is 0.495 e. The summed E-state index contributed by atoms with van der Waals surface area (Å²) >= 11 is 0. The van der Waals surface area contributed by atoms with Crippen LogP contribution in [0.4, 0.5) is 0 Å². The molecule has 0 atom stereocenters. The Morgan fingerprint density at radius 3 is 1.17 bits per heavy atom. The van der Waals surface area contributed by atoms with Crippen molar-refractivity contribution in [3.05, 3.63) is 64.2 Å². The molecule has 0 aliphatic rings. The molecule has 3 rings (SSSR count). The quantitative estimate of drug-likeness (QED) is 0.367. The lowest BCUT2D eigenvalue weighted by molar-refractivity contribution is 0.226. The van der Waals surface area contributed by atoms with Crippen molar-refractivity contribution in [3.8, 4) is 39.5 Å². The zero-order chi connectivity index (χ0) is 25.9. The topological polar surface area (TPSA) is 68.2 Å². The molecule has 0 aliphatic heterocycles. The van der Waals surface area contributed by atoms with Crippen molar-refractivity contribution in [2.24, 2.45) is 0 Å². The second-order valence-electron chi connectivity index (χ2n) is 9.64. The third-order valence-corrected chi connectivity index (χ3v) is 5.69. The van der Waals surface area contributed by atoms with Crippen LogP contribution < -0.4 is 14.2 Å². The minimum Gasteiger partial charge on any atom is -0.495 e. The molecule has 0 fully saturated rings. The van der Waals surface area contributed by atoms with Gasteiger partial charge in [0.05, 0.1) is 32.5 Å². The van der Waals surface area contributed by atoms with E-state index in [4.69, 9.17) is 14.2 Å². The van der Waals surface area contributed by atoms with Gasteiger partial charge in [-0.3, -0.25) is 0 Å². The number of ether oxygens (including phenoxy) is 3. The van der Waals surface area contributed by atoms with E-state index in [0.717, 1.165) is 50.1 Å². The van der Waals surface area contributed by atoms with Crippen LogP contribution in [0.1, 0.15) is 55.5 Å². The molecule has 0 radical (unpaired) electrons. The highest BCUT2D eigenvalue weighted by atomic mass is 16.5. The summed E-state index contributed by atoms with van der Waals surface area (Å²) in [4.78, 5) is 0. The summed E-state index contributed by atoms with van der Waals surface area (Å²) in [6, 6.07) is 12.2. The highest BCUT2D eigenvalue weighted by Gasteiger charge is 2.23.